The maximum atomic E-state index is 12.6. The van der Waals surface area contributed by atoms with Gasteiger partial charge in [0, 0.05) is 19.4 Å². The summed E-state index contributed by atoms with van der Waals surface area (Å²) in [6.45, 7) is 4.23. The standard InChI is InChI=1S/C10H15F2NO2/c1-5-8(10(11)12)4-13(7(3)15)9(5)6(2)14/h5,8-10H,4H2,1-3H3/t5-,8-,9-/m0/s1. The molecule has 0 radical (unpaired) electrons. The second-order valence-corrected chi connectivity index (χ2v) is 4.08. The number of carbonyl (C=O) groups excluding carboxylic acids is 2. The van der Waals surface area contributed by atoms with Gasteiger partial charge in [0.2, 0.25) is 12.3 Å². The van der Waals surface area contributed by atoms with E-state index in [1.54, 1.807) is 6.92 Å². The lowest BCUT2D eigenvalue weighted by Crippen LogP contribution is -2.40. The highest BCUT2D eigenvalue weighted by atomic mass is 19.3. The molecule has 0 saturated carbocycles. The Kier molecular flexibility index (Phi) is 3.42. The van der Waals surface area contributed by atoms with Gasteiger partial charge in [-0.1, -0.05) is 6.92 Å². The second kappa shape index (κ2) is 4.24. The molecule has 0 aromatic carbocycles. The van der Waals surface area contributed by atoms with Crippen molar-refractivity contribution in [2.24, 2.45) is 11.8 Å². The van der Waals surface area contributed by atoms with Crippen molar-refractivity contribution in [1.82, 2.24) is 4.90 Å². The molecule has 1 aliphatic rings. The van der Waals surface area contributed by atoms with Crippen LogP contribution in [0.2, 0.25) is 0 Å². The average molecular weight is 219 g/mol. The minimum absolute atomic E-state index is 0.0155. The highest BCUT2D eigenvalue weighted by molar-refractivity contribution is 5.87. The van der Waals surface area contributed by atoms with Crippen LogP contribution in [0.3, 0.4) is 0 Å². The van der Waals surface area contributed by atoms with Gasteiger partial charge >= 0.3 is 0 Å². The minimum atomic E-state index is -2.48. The van der Waals surface area contributed by atoms with E-state index >= 15 is 0 Å². The highest BCUT2D eigenvalue weighted by Crippen LogP contribution is 2.34. The van der Waals surface area contributed by atoms with Gasteiger partial charge in [0.15, 0.2) is 5.78 Å². The van der Waals surface area contributed by atoms with Gasteiger partial charge in [-0.05, 0) is 12.8 Å². The second-order valence-electron chi connectivity index (χ2n) is 4.08. The van der Waals surface area contributed by atoms with E-state index in [4.69, 9.17) is 0 Å². The Bertz CT molecular complexity index is 281. The summed E-state index contributed by atoms with van der Waals surface area (Å²) in [5, 5.41) is 0. The number of hydrogen-bond acceptors (Lipinski definition) is 2. The molecule has 1 amide bonds. The molecule has 0 aromatic heterocycles. The summed E-state index contributed by atoms with van der Waals surface area (Å²) in [6, 6.07) is -0.679. The van der Waals surface area contributed by atoms with Gasteiger partial charge in [-0.25, -0.2) is 8.78 Å². The Hall–Kier alpha value is -1.00. The van der Waals surface area contributed by atoms with Crippen molar-refractivity contribution in [3.05, 3.63) is 0 Å². The number of Topliss-reactive ketones (excluding diaryl/α,β-unsaturated/α-hetero) is 1. The van der Waals surface area contributed by atoms with Crippen molar-refractivity contribution < 1.29 is 18.4 Å². The van der Waals surface area contributed by atoms with Crippen molar-refractivity contribution in [2.45, 2.75) is 33.2 Å². The largest absolute Gasteiger partial charge is 0.332 e. The Morgan fingerprint density at radius 2 is 1.87 bits per heavy atom. The SMILES string of the molecule is CC(=O)[C@@H]1[C@@H](C)[C@@H](C(F)F)CN1C(C)=O. The van der Waals surface area contributed by atoms with Crippen molar-refractivity contribution in [1.29, 1.82) is 0 Å². The molecule has 3 nitrogen and oxygen atoms in total. The molecule has 1 aliphatic heterocycles. The molecule has 3 atom stereocenters. The smallest absolute Gasteiger partial charge is 0.243 e. The topological polar surface area (TPSA) is 37.4 Å². The number of rotatable bonds is 2. The Morgan fingerprint density at radius 3 is 2.13 bits per heavy atom. The van der Waals surface area contributed by atoms with Crippen LogP contribution in [0.1, 0.15) is 20.8 Å². The number of nitrogens with zero attached hydrogens (tertiary/aromatic N) is 1. The van der Waals surface area contributed by atoms with Gasteiger partial charge in [-0.2, -0.15) is 0 Å². The lowest BCUT2D eigenvalue weighted by Gasteiger charge is -2.22. The first-order valence-electron chi connectivity index (χ1n) is 4.92. The first-order chi connectivity index (χ1) is 6.86. The lowest BCUT2D eigenvalue weighted by molar-refractivity contribution is -0.135. The van der Waals surface area contributed by atoms with E-state index in [0.29, 0.717) is 0 Å². The normalized spacial score (nSPS) is 31.1. The van der Waals surface area contributed by atoms with E-state index in [2.05, 4.69) is 0 Å². The average Bonchev–Trinajstić information content (AvgIpc) is 2.42. The van der Waals surface area contributed by atoms with Gasteiger partial charge in [-0.3, -0.25) is 9.59 Å². The molecule has 1 fully saturated rings. The Labute approximate surface area is 87.4 Å². The van der Waals surface area contributed by atoms with Gasteiger partial charge < -0.3 is 4.90 Å². The van der Waals surface area contributed by atoms with Gasteiger partial charge in [0.1, 0.15) is 0 Å². The van der Waals surface area contributed by atoms with Gasteiger partial charge in [0.25, 0.3) is 0 Å². The molecule has 86 valence electrons. The summed E-state index contributed by atoms with van der Waals surface area (Å²) in [5.74, 6) is -1.89. The van der Waals surface area contributed by atoms with E-state index < -0.39 is 24.3 Å². The zero-order chi connectivity index (χ0) is 11.7. The fourth-order valence-electron chi connectivity index (χ4n) is 2.25. The number of alkyl halides is 2. The van der Waals surface area contributed by atoms with E-state index in [9.17, 15) is 18.4 Å². The van der Waals surface area contributed by atoms with Crippen LogP contribution < -0.4 is 0 Å². The van der Waals surface area contributed by atoms with E-state index in [0.717, 1.165) is 0 Å². The van der Waals surface area contributed by atoms with Crippen LogP contribution in [-0.2, 0) is 9.59 Å². The number of carbonyl (C=O) groups is 2. The van der Waals surface area contributed by atoms with Crippen molar-refractivity contribution in [3.63, 3.8) is 0 Å². The number of halogens is 2. The van der Waals surface area contributed by atoms with Crippen LogP contribution in [0.15, 0.2) is 0 Å². The van der Waals surface area contributed by atoms with Crippen LogP contribution >= 0.6 is 0 Å². The third-order valence-electron chi connectivity index (χ3n) is 3.06. The molecule has 0 aromatic rings. The molecule has 0 spiro atoms. The molecule has 1 heterocycles. The summed E-state index contributed by atoms with van der Waals surface area (Å²) < 4.78 is 25.2. The van der Waals surface area contributed by atoms with E-state index in [-0.39, 0.29) is 18.2 Å². The van der Waals surface area contributed by atoms with Crippen LogP contribution in [0.4, 0.5) is 8.78 Å². The highest BCUT2D eigenvalue weighted by Gasteiger charge is 2.46. The molecule has 0 bridgehead atoms. The van der Waals surface area contributed by atoms with Crippen molar-refractivity contribution in [2.75, 3.05) is 6.54 Å². The van der Waals surface area contributed by atoms with Gasteiger partial charge in [0.05, 0.1) is 6.04 Å². The quantitative estimate of drug-likeness (QED) is 0.702. The van der Waals surface area contributed by atoms with Crippen LogP contribution in [0, 0.1) is 11.8 Å². The first kappa shape index (κ1) is 12.1. The first-order valence-corrected chi connectivity index (χ1v) is 4.92. The molecule has 0 unspecified atom stereocenters. The number of likely N-dealkylation sites (tertiary alicyclic amines) is 1. The molecule has 1 saturated heterocycles. The van der Waals surface area contributed by atoms with Crippen LogP contribution in [0.25, 0.3) is 0 Å². The molecule has 5 heteroatoms. The monoisotopic (exact) mass is 219 g/mol. The number of ketones is 1. The maximum Gasteiger partial charge on any atom is 0.243 e. The maximum absolute atomic E-state index is 12.6. The Morgan fingerprint density at radius 1 is 1.33 bits per heavy atom. The molecular formula is C10H15F2NO2. The summed E-state index contributed by atoms with van der Waals surface area (Å²) in [7, 11) is 0. The fraction of sp³-hybridized carbons (Fsp3) is 0.800. The summed E-state index contributed by atoms with van der Waals surface area (Å²) in [6.07, 6.45) is -2.48. The van der Waals surface area contributed by atoms with E-state index in [1.165, 1.54) is 18.7 Å². The summed E-state index contributed by atoms with van der Waals surface area (Å²) >= 11 is 0. The third kappa shape index (κ3) is 2.16. The zero-order valence-electron chi connectivity index (χ0n) is 9.04. The molecule has 0 aliphatic carbocycles. The predicted octanol–water partition coefficient (Wildman–Crippen LogP) is 1.32. The molecule has 15 heavy (non-hydrogen) atoms. The fourth-order valence-corrected chi connectivity index (χ4v) is 2.25. The molecule has 1 rings (SSSR count). The number of hydrogen-bond donors (Lipinski definition) is 0. The molecular weight excluding hydrogens is 204 g/mol. The number of amides is 1. The molecule has 0 N–H and O–H groups in total. The van der Waals surface area contributed by atoms with Crippen molar-refractivity contribution in [3.8, 4) is 0 Å². The summed E-state index contributed by atoms with van der Waals surface area (Å²) in [5.41, 5.74) is 0. The zero-order valence-corrected chi connectivity index (χ0v) is 9.04. The van der Waals surface area contributed by atoms with Crippen molar-refractivity contribution >= 4 is 11.7 Å². The third-order valence-corrected chi connectivity index (χ3v) is 3.06. The predicted molar refractivity (Wildman–Crippen MR) is 50.5 cm³/mol. The van der Waals surface area contributed by atoms with Crippen LogP contribution in [-0.4, -0.2) is 35.6 Å². The Balaban J connectivity index is 2.92. The van der Waals surface area contributed by atoms with Gasteiger partial charge in [-0.15, -0.1) is 0 Å². The summed E-state index contributed by atoms with van der Waals surface area (Å²) in [4.78, 5) is 23.8. The van der Waals surface area contributed by atoms with Crippen LogP contribution in [0.5, 0.6) is 0 Å². The van der Waals surface area contributed by atoms with E-state index in [1.807, 2.05) is 0 Å². The minimum Gasteiger partial charge on any atom is -0.332 e. The lowest BCUT2D eigenvalue weighted by atomic mass is 9.91.